The maximum Gasteiger partial charge on any atom is 0.264 e. The molecule has 0 radical (unpaired) electrons. The lowest BCUT2D eigenvalue weighted by atomic mass is 10.2. The summed E-state index contributed by atoms with van der Waals surface area (Å²) in [6, 6.07) is 18.1. The number of sulfonamides is 1. The second-order valence-corrected chi connectivity index (χ2v) is 10.1. The Morgan fingerprint density at radius 1 is 1.00 bits per heavy atom. The molecular weight excluding hydrogens is 483 g/mol. The maximum atomic E-state index is 13.3. The number of nitrogens with one attached hydrogen (secondary N) is 1. The Balaban J connectivity index is 1.70. The highest BCUT2D eigenvalue weighted by Gasteiger charge is 2.27. The largest absolute Gasteiger partial charge is 0.492 e. The standard InChI is InChI=1S/C24H24Cl2N2O4S/c1-17-6-10-22(11-7-17)33(30,31)28(20-5-3-4-19(25)14-20)16-24(29)27-12-13-32-21-9-8-18(2)23(26)15-21/h3-11,14-15H,12-13,16H2,1-2H3,(H,27,29). The van der Waals surface area contributed by atoms with Gasteiger partial charge in [0.15, 0.2) is 0 Å². The molecule has 174 valence electrons. The molecule has 0 atom stereocenters. The van der Waals surface area contributed by atoms with Gasteiger partial charge in [0.25, 0.3) is 10.0 Å². The molecule has 0 spiro atoms. The van der Waals surface area contributed by atoms with E-state index in [4.69, 9.17) is 27.9 Å². The average Bonchev–Trinajstić information content (AvgIpc) is 2.77. The second-order valence-electron chi connectivity index (χ2n) is 7.41. The van der Waals surface area contributed by atoms with Gasteiger partial charge < -0.3 is 10.1 Å². The van der Waals surface area contributed by atoms with E-state index in [1.807, 2.05) is 19.9 Å². The van der Waals surface area contributed by atoms with Crippen LogP contribution in [-0.2, 0) is 14.8 Å². The van der Waals surface area contributed by atoms with Crippen LogP contribution < -0.4 is 14.4 Å². The summed E-state index contributed by atoms with van der Waals surface area (Å²) in [6.45, 7) is 3.74. The van der Waals surface area contributed by atoms with E-state index in [0.717, 1.165) is 15.4 Å². The molecule has 3 aromatic rings. The smallest absolute Gasteiger partial charge is 0.264 e. The first kappa shape index (κ1) is 24.9. The van der Waals surface area contributed by atoms with Crippen LogP contribution in [0.2, 0.25) is 10.0 Å². The Hall–Kier alpha value is -2.74. The van der Waals surface area contributed by atoms with Crippen molar-refractivity contribution in [2.24, 2.45) is 0 Å². The minimum absolute atomic E-state index is 0.0838. The van der Waals surface area contributed by atoms with Crippen LogP contribution in [0.5, 0.6) is 5.75 Å². The summed E-state index contributed by atoms with van der Waals surface area (Å²) in [6.07, 6.45) is 0. The Bertz CT molecular complexity index is 1230. The number of rotatable bonds is 9. The van der Waals surface area contributed by atoms with Gasteiger partial charge in [0.05, 0.1) is 17.1 Å². The van der Waals surface area contributed by atoms with Crippen LogP contribution in [0.3, 0.4) is 0 Å². The molecule has 0 heterocycles. The van der Waals surface area contributed by atoms with E-state index < -0.39 is 22.5 Å². The number of carbonyl (C=O) groups is 1. The van der Waals surface area contributed by atoms with E-state index in [1.165, 1.54) is 18.2 Å². The van der Waals surface area contributed by atoms with E-state index in [2.05, 4.69) is 5.32 Å². The first-order chi connectivity index (χ1) is 15.7. The maximum absolute atomic E-state index is 13.3. The van der Waals surface area contributed by atoms with Gasteiger partial charge in [-0.2, -0.15) is 0 Å². The first-order valence-corrected chi connectivity index (χ1v) is 12.4. The number of benzene rings is 3. The summed E-state index contributed by atoms with van der Waals surface area (Å²) in [5.41, 5.74) is 2.16. The van der Waals surface area contributed by atoms with Crippen molar-refractivity contribution in [3.8, 4) is 5.75 Å². The van der Waals surface area contributed by atoms with Gasteiger partial charge in [-0.1, -0.05) is 53.0 Å². The Labute approximate surface area is 204 Å². The van der Waals surface area contributed by atoms with E-state index in [9.17, 15) is 13.2 Å². The summed E-state index contributed by atoms with van der Waals surface area (Å²) in [4.78, 5) is 12.7. The summed E-state index contributed by atoms with van der Waals surface area (Å²) in [7, 11) is -4.00. The van der Waals surface area contributed by atoms with Crippen molar-refractivity contribution in [3.63, 3.8) is 0 Å². The van der Waals surface area contributed by atoms with Crippen molar-refractivity contribution in [2.45, 2.75) is 18.7 Å². The van der Waals surface area contributed by atoms with Crippen LogP contribution in [0.1, 0.15) is 11.1 Å². The van der Waals surface area contributed by atoms with Gasteiger partial charge >= 0.3 is 0 Å². The number of amides is 1. The van der Waals surface area contributed by atoms with E-state index in [1.54, 1.807) is 42.5 Å². The van der Waals surface area contributed by atoms with Gasteiger partial charge in [-0.15, -0.1) is 0 Å². The highest BCUT2D eigenvalue weighted by atomic mass is 35.5. The van der Waals surface area contributed by atoms with Gasteiger partial charge in [0.2, 0.25) is 5.91 Å². The lowest BCUT2D eigenvalue weighted by molar-refractivity contribution is -0.119. The molecule has 6 nitrogen and oxygen atoms in total. The zero-order valence-corrected chi connectivity index (χ0v) is 20.5. The molecule has 1 N–H and O–H groups in total. The van der Waals surface area contributed by atoms with Crippen LogP contribution in [0, 0.1) is 13.8 Å². The van der Waals surface area contributed by atoms with Crippen molar-refractivity contribution in [1.82, 2.24) is 5.32 Å². The molecular formula is C24H24Cl2N2O4S. The fraction of sp³-hybridized carbons (Fsp3) is 0.208. The number of hydrogen-bond acceptors (Lipinski definition) is 4. The van der Waals surface area contributed by atoms with Crippen molar-refractivity contribution in [2.75, 3.05) is 24.0 Å². The van der Waals surface area contributed by atoms with Crippen LogP contribution in [0.25, 0.3) is 0 Å². The zero-order valence-electron chi connectivity index (χ0n) is 18.2. The fourth-order valence-electron chi connectivity index (χ4n) is 2.99. The number of nitrogens with zero attached hydrogens (tertiary/aromatic N) is 1. The minimum Gasteiger partial charge on any atom is -0.492 e. The molecule has 0 saturated heterocycles. The molecule has 0 fully saturated rings. The van der Waals surface area contributed by atoms with Crippen LogP contribution in [0.4, 0.5) is 5.69 Å². The third-order valence-electron chi connectivity index (χ3n) is 4.83. The molecule has 0 bridgehead atoms. The first-order valence-electron chi connectivity index (χ1n) is 10.2. The predicted octanol–water partition coefficient (Wildman–Crippen LogP) is 5.00. The van der Waals surface area contributed by atoms with Crippen molar-refractivity contribution >= 4 is 44.8 Å². The van der Waals surface area contributed by atoms with Crippen LogP contribution in [0.15, 0.2) is 71.6 Å². The quantitative estimate of drug-likeness (QED) is 0.414. The third kappa shape index (κ3) is 6.63. The molecule has 0 aliphatic carbocycles. The van der Waals surface area contributed by atoms with Gasteiger partial charge in [-0.05, 0) is 61.9 Å². The topological polar surface area (TPSA) is 75.7 Å². The fourth-order valence-corrected chi connectivity index (χ4v) is 4.76. The lowest BCUT2D eigenvalue weighted by Crippen LogP contribution is -2.41. The summed E-state index contributed by atoms with van der Waals surface area (Å²) < 4.78 is 33.3. The number of halogens is 2. The number of anilines is 1. The summed E-state index contributed by atoms with van der Waals surface area (Å²) >= 11 is 12.2. The van der Waals surface area contributed by atoms with Gasteiger partial charge in [0.1, 0.15) is 18.9 Å². The zero-order chi connectivity index (χ0) is 24.0. The molecule has 1 amide bonds. The highest BCUT2D eigenvalue weighted by molar-refractivity contribution is 7.92. The van der Waals surface area contributed by atoms with E-state index >= 15 is 0 Å². The lowest BCUT2D eigenvalue weighted by Gasteiger charge is -2.24. The number of ether oxygens (including phenoxy) is 1. The SMILES string of the molecule is Cc1ccc(S(=O)(=O)N(CC(=O)NCCOc2ccc(C)c(Cl)c2)c2cccc(Cl)c2)cc1. The van der Waals surface area contributed by atoms with Gasteiger partial charge in [-0.25, -0.2) is 8.42 Å². The molecule has 9 heteroatoms. The van der Waals surface area contributed by atoms with Crippen molar-refractivity contribution in [1.29, 1.82) is 0 Å². The predicted molar refractivity (Wildman–Crippen MR) is 132 cm³/mol. The normalized spacial score (nSPS) is 11.2. The van der Waals surface area contributed by atoms with Crippen LogP contribution in [-0.4, -0.2) is 34.0 Å². The molecule has 0 aliphatic rings. The Morgan fingerprint density at radius 2 is 1.73 bits per heavy atom. The molecule has 0 unspecified atom stereocenters. The summed E-state index contributed by atoms with van der Waals surface area (Å²) in [5, 5.41) is 3.65. The molecule has 0 saturated carbocycles. The minimum atomic E-state index is -4.00. The number of carbonyl (C=O) groups excluding carboxylic acids is 1. The third-order valence-corrected chi connectivity index (χ3v) is 7.26. The Kier molecular flexibility index (Phi) is 8.24. The molecule has 0 aliphatic heterocycles. The number of aryl methyl sites for hydroxylation is 2. The highest BCUT2D eigenvalue weighted by Crippen LogP contribution is 2.26. The summed E-state index contributed by atoms with van der Waals surface area (Å²) in [5.74, 6) is 0.110. The van der Waals surface area contributed by atoms with Crippen LogP contribution >= 0.6 is 23.2 Å². The molecule has 3 rings (SSSR count). The number of hydrogen-bond donors (Lipinski definition) is 1. The molecule has 3 aromatic carbocycles. The van der Waals surface area contributed by atoms with E-state index in [-0.39, 0.29) is 18.0 Å². The van der Waals surface area contributed by atoms with Crippen molar-refractivity contribution < 1.29 is 17.9 Å². The second kappa shape index (κ2) is 10.9. The Morgan fingerprint density at radius 3 is 2.39 bits per heavy atom. The van der Waals surface area contributed by atoms with Gasteiger partial charge in [-0.3, -0.25) is 9.10 Å². The monoisotopic (exact) mass is 506 g/mol. The van der Waals surface area contributed by atoms with Crippen molar-refractivity contribution in [3.05, 3.63) is 87.9 Å². The molecule has 33 heavy (non-hydrogen) atoms. The van der Waals surface area contributed by atoms with E-state index in [0.29, 0.717) is 21.5 Å². The average molecular weight is 507 g/mol. The van der Waals surface area contributed by atoms with Gasteiger partial charge in [0, 0.05) is 10.0 Å². The molecule has 0 aromatic heterocycles.